The van der Waals surface area contributed by atoms with Crippen LogP contribution in [0.3, 0.4) is 0 Å². The Bertz CT molecular complexity index is 287. The predicted octanol–water partition coefficient (Wildman–Crippen LogP) is -1.12. The van der Waals surface area contributed by atoms with Crippen LogP contribution in [-0.2, 0) is 10.1 Å². The second-order valence-electron chi connectivity index (χ2n) is 3.66. The van der Waals surface area contributed by atoms with Crippen molar-refractivity contribution in [3.05, 3.63) is 0 Å². The van der Waals surface area contributed by atoms with Gasteiger partial charge in [-0.2, -0.15) is 8.42 Å². The first kappa shape index (κ1) is 12.9. The Morgan fingerprint density at radius 3 is 2.33 bits per heavy atom. The lowest BCUT2D eigenvalue weighted by atomic mass is 10.2. The molecule has 1 aliphatic rings. The molecule has 0 aliphatic carbocycles. The van der Waals surface area contributed by atoms with Crippen molar-refractivity contribution in [2.75, 3.05) is 26.2 Å². The van der Waals surface area contributed by atoms with E-state index >= 15 is 0 Å². The fraction of sp³-hybridized carbons (Fsp3) is 1.00. The van der Waals surface area contributed by atoms with E-state index in [0.29, 0.717) is 13.1 Å². The van der Waals surface area contributed by atoms with Crippen molar-refractivity contribution >= 4 is 10.1 Å². The Morgan fingerprint density at radius 2 is 1.93 bits per heavy atom. The van der Waals surface area contributed by atoms with Crippen LogP contribution in [0, 0.1) is 0 Å². The molecule has 1 rings (SSSR count). The highest BCUT2D eigenvalue weighted by Gasteiger charge is 2.33. The Morgan fingerprint density at radius 1 is 1.40 bits per heavy atom. The Hall–Kier alpha value is -0.210. The topological polar surface area (TPSA) is 89.9 Å². The predicted molar refractivity (Wildman–Crippen MR) is 56.1 cm³/mol. The summed E-state index contributed by atoms with van der Waals surface area (Å²) in [6, 6.07) is 0. The van der Waals surface area contributed by atoms with Crippen molar-refractivity contribution < 1.29 is 18.1 Å². The number of rotatable bonds is 4. The molecule has 0 aromatic carbocycles. The first-order valence-corrected chi connectivity index (χ1v) is 6.56. The van der Waals surface area contributed by atoms with Gasteiger partial charge in [0.15, 0.2) is 0 Å². The summed E-state index contributed by atoms with van der Waals surface area (Å²) in [5.74, 6) is 0. The third kappa shape index (κ3) is 3.39. The fourth-order valence-corrected chi connectivity index (χ4v) is 2.66. The lowest BCUT2D eigenvalue weighted by Gasteiger charge is -2.34. The highest BCUT2D eigenvalue weighted by Crippen LogP contribution is 2.13. The average Bonchev–Trinajstić information content (AvgIpc) is 2.18. The molecule has 2 atom stereocenters. The molecule has 1 fully saturated rings. The van der Waals surface area contributed by atoms with Gasteiger partial charge in [-0.25, -0.2) is 0 Å². The van der Waals surface area contributed by atoms with Crippen LogP contribution < -0.4 is 5.32 Å². The maximum atomic E-state index is 11.0. The quantitative estimate of drug-likeness (QED) is 0.537. The zero-order valence-electron chi connectivity index (χ0n) is 8.76. The maximum Gasteiger partial charge on any atom is 0.271 e. The van der Waals surface area contributed by atoms with Crippen LogP contribution >= 0.6 is 0 Å². The van der Waals surface area contributed by atoms with E-state index in [1.54, 1.807) is 11.8 Å². The molecule has 0 bridgehead atoms. The van der Waals surface area contributed by atoms with Crippen LogP contribution in [0.5, 0.6) is 0 Å². The van der Waals surface area contributed by atoms with Gasteiger partial charge in [0.2, 0.25) is 0 Å². The summed E-state index contributed by atoms with van der Waals surface area (Å²) in [5.41, 5.74) is 0. The third-order valence-electron chi connectivity index (χ3n) is 2.64. The molecular formula is C8H18N2O4S. The maximum absolute atomic E-state index is 11.0. The molecule has 0 spiro atoms. The van der Waals surface area contributed by atoms with E-state index < -0.39 is 21.6 Å². The lowest BCUT2D eigenvalue weighted by Crippen LogP contribution is -2.53. The Balaban J connectivity index is 2.67. The SMILES string of the molecule is CCC(C(O)N1CCNCC1)S(=O)(=O)O. The zero-order valence-corrected chi connectivity index (χ0v) is 9.57. The largest absolute Gasteiger partial charge is 0.377 e. The summed E-state index contributed by atoms with van der Waals surface area (Å²) in [6.45, 7) is 4.25. The minimum absolute atomic E-state index is 0.198. The molecule has 7 heteroatoms. The number of nitrogens with one attached hydrogen (secondary N) is 1. The van der Waals surface area contributed by atoms with E-state index in [9.17, 15) is 13.5 Å². The highest BCUT2D eigenvalue weighted by atomic mass is 32.2. The van der Waals surface area contributed by atoms with Gasteiger partial charge in [-0.05, 0) is 6.42 Å². The Labute approximate surface area is 90.0 Å². The summed E-state index contributed by atoms with van der Waals surface area (Å²) in [5, 5.41) is 11.8. The molecule has 0 radical (unpaired) electrons. The molecule has 1 aliphatic heterocycles. The number of hydrogen-bond donors (Lipinski definition) is 3. The monoisotopic (exact) mass is 238 g/mol. The summed E-state index contributed by atoms with van der Waals surface area (Å²) >= 11 is 0. The molecule has 2 unspecified atom stereocenters. The van der Waals surface area contributed by atoms with Gasteiger partial charge in [0, 0.05) is 26.2 Å². The number of piperazine rings is 1. The fourth-order valence-electron chi connectivity index (χ4n) is 1.76. The minimum atomic E-state index is -4.18. The van der Waals surface area contributed by atoms with E-state index in [1.165, 1.54) is 0 Å². The summed E-state index contributed by atoms with van der Waals surface area (Å²) in [6.07, 6.45) is -0.920. The summed E-state index contributed by atoms with van der Waals surface area (Å²) < 4.78 is 30.9. The molecule has 3 N–H and O–H groups in total. The molecule has 1 saturated heterocycles. The first-order chi connectivity index (χ1) is 6.96. The van der Waals surface area contributed by atoms with E-state index in [1.807, 2.05) is 0 Å². The second kappa shape index (κ2) is 5.22. The van der Waals surface area contributed by atoms with Crippen LogP contribution in [0.2, 0.25) is 0 Å². The standard InChI is InChI=1S/C8H18N2O4S/c1-2-7(15(12,13)14)8(11)10-5-3-9-4-6-10/h7-9,11H,2-6H2,1H3,(H,12,13,14). The molecule has 90 valence electrons. The van der Waals surface area contributed by atoms with Crippen molar-refractivity contribution in [1.82, 2.24) is 10.2 Å². The van der Waals surface area contributed by atoms with E-state index in [2.05, 4.69) is 5.32 Å². The van der Waals surface area contributed by atoms with Gasteiger partial charge in [0.1, 0.15) is 11.5 Å². The van der Waals surface area contributed by atoms with Crippen molar-refractivity contribution in [3.63, 3.8) is 0 Å². The summed E-state index contributed by atoms with van der Waals surface area (Å²) in [7, 11) is -4.18. The van der Waals surface area contributed by atoms with Gasteiger partial charge >= 0.3 is 0 Å². The second-order valence-corrected chi connectivity index (χ2v) is 5.30. The number of hydrogen-bond acceptors (Lipinski definition) is 5. The molecule has 0 amide bonds. The van der Waals surface area contributed by atoms with Gasteiger partial charge in [0.25, 0.3) is 10.1 Å². The molecule has 1 heterocycles. The van der Waals surface area contributed by atoms with Gasteiger partial charge in [-0.3, -0.25) is 9.45 Å². The van der Waals surface area contributed by atoms with Gasteiger partial charge in [-0.15, -0.1) is 0 Å². The highest BCUT2D eigenvalue weighted by molar-refractivity contribution is 7.86. The Kier molecular flexibility index (Phi) is 4.47. The lowest BCUT2D eigenvalue weighted by molar-refractivity contribution is -0.00811. The number of nitrogens with zero attached hydrogens (tertiary/aromatic N) is 1. The molecule has 15 heavy (non-hydrogen) atoms. The first-order valence-electron chi connectivity index (χ1n) is 5.06. The van der Waals surface area contributed by atoms with Gasteiger partial charge in [-0.1, -0.05) is 6.92 Å². The van der Waals surface area contributed by atoms with Crippen LogP contribution in [0.25, 0.3) is 0 Å². The van der Waals surface area contributed by atoms with Crippen LogP contribution in [0.15, 0.2) is 0 Å². The van der Waals surface area contributed by atoms with Gasteiger partial charge < -0.3 is 10.4 Å². The van der Waals surface area contributed by atoms with Crippen molar-refractivity contribution in [2.45, 2.75) is 24.8 Å². The smallest absolute Gasteiger partial charge is 0.271 e. The van der Waals surface area contributed by atoms with E-state index in [4.69, 9.17) is 4.55 Å². The molecule has 0 aromatic rings. The van der Waals surface area contributed by atoms with Crippen molar-refractivity contribution in [3.8, 4) is 0 Å². The number of aliphatic hydroxyl groups is 1. The minimum Gasteiger partial charge on any atom is -0.377 e. The molecular weight excluding hydrogens is 220 g/mol. The van der Waals surface area contributed by atoms with Crippen molar-refractivity contribution in [2.24, 2.45) is 0 Å². The van der Waals surface area contributed by atoms with Crippen LogP contribution in [-0.4, -0.2) is 60.6 Å². The molecule has 0 aromatic heterocycles. The van der Waals surface area contributed by atoms with E-state index in [0.717, 1.165) is 13.1 Å². The zero-order chi connectivity index (χ0) is 11.5. The van der Waals surface area contributed by atoms with Gasteiger partial charge in [0.05, 0.1) is 0 Å². The van der Waals surface area contributed by atoms with E-state index in [-0.39, 0.29) is 6.42 Å². The third-order valence-corrected chi connectivity index (χ3v) is 3.99. The van der Waals surface area contributed by atoms with Crippen molar-refractivity contribution in [1.29, 1.82) is 0 Å². The molecule has 0 saturated carbocycles. The average molecular weight is 238 g/mol. The van der Waals surface area contributed by atoms with Crippen LogP contribution in [0.4, 0.5) is 0 Å². The van der Waals surface area contributed by atoms with Crippen LogP contribution in [0.1, 0.15) is 13.3 Å². The normalized spacial score (nSPS) is 23.7. The number of aliphatic hydroxyl groups excluding tert-OH is 1. The molecule has 6 nitrogen and oxygen atoms in total. The summed E-state index contributed by atoms with van der Waals surface area (Å²) in [4.78, 5) is 1.67.